The van der Waals surface area contributed by atoms with Crippen LogP contribution in [0.3, 0.4) is 0 Å². The van der Waals surface area contributed by atoms with E-state index in [9.17, 15) is 23.9 Å². The van der Waals surface area contributed by atoms with Gasteiger partial charge in [0, 0.05) is 13.0 Å². The van der Waals surface area contributed by atoms with Gasteiger partial charge in [0.2, 0.25) is 5.91 Å². The van der Waals surface area contributed by atoms with Crippen molar-refractivity contribution in [3.05, 3.63) is 71.8 Å². The van der Waals surface area contributed by atoms with Crippen LogP contribution in [0.15, 0.2) is 60.7 Å². The van der Waals surface area contributed by atoms with E-state index < -0.39 is 36.5 Å². The molecule has 0 heterocycles. The van der Waals surface area contributed by atoms with Crippen LogP contribution in [0.4, 0.5) is 9.18 Å². The number of hydrogen-bond acceptors (Lipinski definition) is 3. The summed E-state index contributed by atoms with van der Waals surface area (Å²) in [6, 6.07) is 15.8. The first-order valence-electron chi connectivity index (χ1n) is 8.88. The molecule has 28 heavy (non-hydrogen) atoms. The smallest absolute Gasteiger partial charge is 0.408 e. The molecule has 0 aromatic heterocycles. The number of alkyl halides is 1. The summed E-state index contributed by atoms with van der Waals surface area (Å²) in [5.74, 6) is -1.41. The van der Waals surface area contributed by atoms with Gasteiger partial charge in [-0.15, -0.1) is 0 Å². The first-order chi connectivity index (χ1) is 13.4. The molecule has 0 saturated carbocycles. The van der Waals surface area contributed by atoms with Crippen LogP contribution in [0.5, 0.6) is 0 Å². The average Bonchev–Trinajstić information content (AvgIpc) is 2.71. The summed E-state index contributed by atoms with van der Waals surface area (Å²) in [6.45, 7) is 0.186. The molecule has 2 N–H and O–H groups in total. The van der Waals surface area contributed by atoms with Crippen molar-refractivity contribution < 1.29 is 23.9 Å². The molecular weight excluding hydrogens is 363 g/mol. The first-order valence-corrected chi connectivity index (χ1v) is 8.88. The summed E-state index contributed by atoms with van der Waals surface area (Å²) in [4.78, 5) is 37.3. The number of carboxylic acid groups (broad SMARTS) is 1. The maximum atomic E-state index is 12.8. The minimum Gasteiger partial charge on any atom is -0.465 e. The van der Waals surface area contributed by atoms with Crippen molar-refractivity contribution in [1.82, 2.24) is 10.2 Å². The Bertz CT molecular complexity index is 799. The summed E-state index contributed by atoms with van der Waals surface area (Å²) in [7, 11) is 0. The standard InChI is InChI=1S/C21H23FN2O4/c1-15(19(25)13-22)23-20(26)18(12-16-8-4-2-5-9-16)24(21(27)28)14-17-10-6-3-7-11-17/h2-11,15,18H,12-14H2,1H3,(H,23,26)(H,27,28). The van der Waals surface area contributed by atoms with Gasteiger partial charge in [-0.1, -0.05) is 60.7 Å². The van der Waals surface area contributed by atoms with Gasteiger partial charge in [0.25, 0.3) is 0 Å². The van der Waals surface area contributed by atoms with E-state index in [1.165, 1.54) is 6.92 Å². The van der Waals surface area contributed by atoms with Gasteiger partial charge in [0.05, 0.1) is 6.04 Å². The van der Waals surface area contributed by atoms with Crippen molar-refractivity contribution in [2.75, 3.05) is 6.67 Å². The van der Waals surface area contributed by atoms with Crippen LogP contribution in [-0.2, 0) is 22.6 Å². The van der Waals surface area contributed by atoms with E-state index in [0.29, 0.717) is 0 Å². The Morgan fingerprint density at radius 3 is 2.04 bits per heavy atom. The molecule has 0 radical (unpaired) electrons. The van der Waals surface area contributed by atoms with Gasteiger partial charge < -0.3 is 10.4 Å². The third kappa shape index (κ3) is 5.90. The van der Waals surface area contributed by atoms with Crippen molar-refractivity contribution in [1.29, 1.82) is 0 Å². The van der Waals surface area contributed by atoms with Gasteiger partial charge in [0.1, 0.15) is 12.7 Å². The van der Waals surface area contributed by atoms with Gasteiger partial charge >= 0.3 is 6.09 Å². The maximum absolute atomic E-state index is 12.8. The summed E-state index contributed by atoms with van der Waals surface area (Å²) in [6.07, 6.45) is -1.13. The van der Waals surface area contributed by atoms with Crippen LogP contribution in [0.25, 0.3) is 0 Å². The molecule has 0 aliphatic heterocycles. The molecule has 2 aromatic rings. The number of halogens is 1. The van der Waals surface area contributed by atoms with Gasteiger partial charge in [-0.05, 0) is 18.1 Å². The predicted molar refractivity (Wildman–Crippen MR) is 103 cm³/mol. The fourth-order valence-electron chi connectivity index (χ4n) is 2.78. The number of nitrogens with zero attached hydrogens (tertiary/aromatic N) is 1. The van der Waals surface area contributed by atoms with Crippen molar-refractivity contribution in [3.8, 4) is 0 Å². The highest BCUT2D eigenvalue weighted by Gasteiger charge is 2.31. The fourth-order valence-corrected chi connectivity index (χ4v) is 2.78. The SMILES string of the molecule is CC(NC(=O)C(Cc1ccccc1)N(Cc1ccccc1)C(=O)O)C(=O)CF. The van der Waals surface area contributed by atoms with Gasteiger partial charge in [-0.3, -0.25) is 14.5 Å². The maximum Gasteiger partial charge on any atom is 0.408 e. The Hall–Kier alpha value is -3.22. The number of benzene rings is 2. The zero-order chi connectivity index (χ0) is 20.5. The van der Waals surface area contributed by atoms with Gasteiger partial charge in [-0.25, -0.2) is 9.18 Å². The largest absolute Gasteiger partial charge is 0.465 e. The molecule has 148 valence electrons. The second kappa shape index (κ2) is 10.2. The normalized spacial score (nSPS) is 12.6. The highest BCUT2D eigenvalue weighted by molar-refractivity contribution is 5.92. The topological polar surface area (TPSA) is 86.7 Å². The highest BCUT2D eigenvalue weighted by atomic mass is 19.1. The Balaban J connectivity index is 2.29. The Kier molecular flexibility index (Phi) is 7.68. The second-order valence-corrected chi connectivity index (χ2v) is 6.43. The molecule has 0 saturated heterocycles. The third-order valence-electron chi connectivity index (χ3n) is 4.37. The van der Waals surface area contributed by atoms with Crippen molar-refractivity contribution >= 4 is 17.8 Å². The molecule has 2 atom stereocenters. The van der Waals surface area contributed by atoms with E-state index in [-0.39, 0.29) is 13.0 Å². The lowest BCUT2D eigenvalue weighted by Gasteiger charge is -2.29. The zero-order valence-corrected chi connectivity index (χ0v) is 15.5. The predicted octanol–water partition coefficient (Wildman–Crippen LogP) is 2.82. The number of rotatable bonds is 9. The van der Waals surface area contributed by atoms with Crippen molar-refractivity contribution in [2.24, 2.45) is 0 Å². The summed E-state index contributed by atoms with van der Waals surface area (Å²) < 4.78 is 12.6. The number of Topliss-reactive ketones (excluding diaryl/α,β-unsaturated/α-hetero) is 1. The monoisotopic (exact) mass is 386 g/mol. The minimum absolute atomic E-state index is 0.00648. The number of amides is 2. The first kappa shape index (κ1) is 21.1. The Labute approximate surface area is 163 Å². The van der Waals surface area contributed by atoms with E-state index in [4.69, 9.17) is 0 Å². The molecule has 7 heteroatoms. The van der Waals surface area contributed by atoms with E-state index in [2.05, 4.69) is 5.32 Å². The second-order valence-electron chi connectivity index (χ2n) is 6.43. The molecule has 0 bridgehead atoms. The number of carbonyl (C=O) groups excluding carboxylic acids is 2. The third-order valence-corrected chi connectivity index (χ3v) is 4.37. The zero-order valence-electron chi connectivity index (χ0n) is 15.5. The molecule has 2 unspecified atom stereocenters. The van der Waals surface area contributed by atoms with Crippen molar-refractivity contribution in [3.63, 3.8) is 0 Å². The fraction of sp³-hybridized carbons (Fsp3) is 0.286. The summed E-state index contributed by atoms with van der Waals surface area (Å²) in [5, 5.41) is 12.2. The van der Waals surface area contributed by atoms with E-state index in [0.717, 1.165) is 16.0 Å². The molecular formula is C21H23FN2O4. The van der Waals surface area contributed by atoms with Gasteiger partial charge in [-0.2, -0.15) is 0 Å². The van der Waals surface area contributed by atoms with Crippen LogP contribution in [0, 0.1) is 0 Å². The molecule has 0 fully saturated rings. The molecule has 2 amide bonds. The number of carbonyl (C=O) groups is 3. The number of nitrogens with one attached hydrogen (secondary N) is 1. The quantitative estimate of drug-likeness (QED) is 0.694. The van der Waals surface area contributed by atoms with Crippen LogP contribution in [0.1, 0.15) is 18.1 Å². The number of ketones is 1. The van der Waals surface area contributed by atoms with Crippen LogP contribution in [0.2, 0.25) is 0 Å². The average molecular weight is 386 g/mol. The highest BCUT2D eigenvalue weighted by Crippen LogP contribution is 2.15. The lowest BCUT2D eigenvalue weighted by Crippen LogP contribution is -2.53. The van der Waals surface area contributed by atoms with E-state index in [1.54, 1.807) is 48.5 Å². The lowest BCUT2D eigenvalue weighted by atomic mass is 10.0. The Morgan fingerprint density at radius 1 is 1.00 bits per heavy atom. The minimum atomic E-state index is -1.26. The van der Waals surface area contributed by atoms with Gasteiger partial charge in [0.15, 0.2) is 5.78 Å². The van der Waals surface area contributed by atoms with Crippen LogP contribution in [-0.4, -0.2) is 46.5 Å². The van der Waals surface area contributed by atoms with E-state index in [1.807, 2.05) is 12.1 Å². The summed E-state index contributed by atoms with van der Waals surface area (Å²) >= 11 is 0. The molecule has 6 nitrogen and oxygen atoms in total. The van der Waals surface area contributed by atoms with E-state index >= 15 is 0 Å². The lowest BCUT2D eigenvalue weighted by molar-refractivity contribution is -0.130. The molecule has 2 aromatic carbocycles. The molecule has 0 aliphatic carbocycles. The number of hydrogen-bond donors (Lipinski definition) is 2. The van der Waals surface area contributed by atoms with Crippen molar-refractivity contribution in [2.45, 2.75) is 32.0 Å². The van der Waals surface area contributed by atoms with Crippen LogP contribution < -0.4 is 5.32 Å². The molecule has 2 rings (SSSR count). The molecule has 0 aliphatic rings. The molecule has 0 spiro atoms. The van der Waals surface area contributed by atoms with Crippen LogP contribution >= 0.6 is 0 Å². The summed E-state index contributed by atoms with van der Waals surface area (Å²) in [5.41, 5.74) is 1.50. The Morgan fingerprint density at radius 2 is 1.54 bits per heavy atom.